The molecule has 3 atom stereocenters. The molecule has 0 aromatic carbocycles. The fraction of sp³-hybridized carbons (Fsp3) is 0.524. The smallest absolute Gasteiger partial charge is 0.371 e. The van der Waals surface area contributed by atoms with Crippen molar-refractivity contribution in [3.05, 3.63) is 46.5 Å². The van der Waals surface area contributed by atoms with Crippen molar-refractivity contribution in [2.24, 2.45) is 0 Å². The Balaban J connectivity index is 1.53. The molecule has 2 fully saturated rings. The lowest BCUT2D eigenvalue weighted by Gasteiger charge is -2.39. The molecule has 5 rings (SSSR count). The minimum atomic E-state index is -4.58. The van der Waals surface area contributed by atoms with Crippen LogP contribution in [0, 0.1) is 0 Å². The Labute approximate surface area is 181 Å². The number of fused-ring (bicyclic) bond motifs is 3. The number of carbonyl (C=O) groups excluding carboxylic acids is 1. The van der Waals surface area contributed by atoms with E-state index in [9.17, 15) is 22.8 Å². The lowest BCUT2D eigenvalue weighted by molar-refractivity contribution is -0.152. The first kappa shape index (κ1) is 20.9. The molecule has 32 heavy (non-hydrogen) atoms. The predicted molar refractivity (Wildman–Crippen MR) is 109 cm³/mol. The van der Waals surface area contributed by atoms with Gasteiger partial charge in [-0.05, 0) is 31.4 Å². The van der Waals surface area contributed by atoms with Gasteiger partial charge in [-0.2, -0.15) is 18.2 Å². The van der Waals surface area contributed by atoms with Gasteiger partial charge in [-0.1, -0.05) is 6.07 Å². The van der Waals surface area contributed by atoms with E-state index in [1.165, 1.54) is 22.9 Å². The molecule has 0 aliphatic carbocycles. The van der Waals surface area contributed by atoms with E-state index in [0.29, 0.717) is 18.9 Å². The van der Waals surface area contributed by atoms with Crippen LogP contribution in [0.4, 0.5) is 24.9 Å². The maximum absolute atomic E-state index is 13.9. The number of alkyl halides is 3. The summed E-state index contributed by atoms with van der Waals surface area (Å²) in [5.41, 5.74) is -0.367. The first-order chi connectivity index (χ1) is 15.3. The summed E-state index contributed by atoms with van der Waals surface area (Å²) in [5, 5.41) is 0. The highest BCUT2D eigenvalue weighted by molar-refractivity contribution is 5.97. The monoisotopic (exact) mass is 449 g/mol. The van der Waals surface area contributed by atoms with Crippen LogP contribution < -0.4 is 15.4 Å². The van der Waals surface area contributed by atoms with Crippen LogP contribution in [0.3, 0.4) is 0 Å². The number of carbonyl (C=O) groups is 1. The number of morpholine rings is 1. The quantitative estimate of drug-likeness (QED) is 0.661. The number of rotatable bonds is 4. The molecule has 11 heteroatoms. The number of anilines is 2. The van der Waals surface area contributed by atoms with Crippen LogP contribution in [-0.4, -0.2) is 64.4 Å². The zero-order valence-electron chi connectivity index (χ0n) is 17.2. The highest BCUT2D eigenvalue weighted by atomic mass is 19.4. The molecule has 0 N–H and O–H groups in total. The van der Waals surface area contributed by atoms with E-state index < -0.39 is 30.1 Å². The molecule has 3 aliphatic rings. The molecular formula is C21H22F3N5O3. The fourth-order valence-electron chi connectivity index (χ4n) is 4.71. The van der Waals surface area contributed by atoms with Crippen molar-refractivity contribution in [1.29, 1.82) is 0 Å². The van der Waals surface area contributed by atoms with Gasteiger partial charge in [0, 0.05) is 31.9 Å². The van der Waals surface area contributed by atoms with Crippen LogP contribution in [0.5, 0.6) is 0 Å². The average molecular weight is 449 g/mol. The van der Waals surface area contributed by atoms with E-state index in [-0.39, 0.29) is 36.8 Å². The lowest BCUT2D eigenvalue weighted by Crippen LogP contribution is -2.54. The third kappa shape index (κ3) is 3.85. The number of nitrogens with zero attached hydrogens (tertiary/aromatic N) is 5. The van der Waals surface area contributed by atoms with Gasteiger partial charge in [-0.3, -0.25) is 19.1 Å². The third-order valence-corrected chi connectivity index (χ3v) is 6.24. The minimum Gasteiger partial charge on any atom is -0.371 e. The van der Waals surface area contributed by atoms with Crippen LogP contribution in [-0.2, 0) is 11.3 Å². The van der Waals surface area contributed by atoms with E-state index in [1.807, 2.05) is 4.90 Å². The summed E-state index contributed by atoms with van der Waals surface area (Å²) in [7, 11) is 0. The Morgan fingerprint density at radius 2 is 1.91 bits per heavy atom. The minimum absolute atomic E-state index is 0.0269. The fourth-order valence-corrected chi connectivity index (χ4v) is 4.71. The summed E-state index contributed by atoms with van der Waals surface area (Å²) in [6, 6.07) is 4.11. The van der Waals surface area contributed by atoms with E-state index >= 15 is 0 Å². The molecule has 2 aromatic rings. The van der Waals surface area contributed by atoms with E-state index in [0.717, 1.165) is 17.7 Å². The summed E-state index contributed by atoms with van der Waals surface area (Å²) in [6.07, 6.45) is -1.64. The van der Waals surface area contributed by atoms with Crippen LogP contribution >= 0.6 is 0 Å². The number of ketones is 1. The Hall–Kier alpha value is -2.95. The van der Waals surface area contributed by atoms with Crippen LogP contribution in [0.25, 0.3) is 0 Å². The highest BCUT2D eigenvalue weighted by Gasteiger charge is 2.47. The number of halogens is 3. The molecule has 8 nitrogen and oxygen atoms in total. The third-order valence-electron chi connectivity index (χ3n) is 6.24. The summed E-state index contributed by atoms with van der Waals surface area (Å²) < 4.78 is 48.7. The van der Waals surface area contributed by atoms with Gasteiger partial charge in [0.15, 0.2) is 5.78 Å². The first-order valence-corrected chi connectivity index (χ1v) is 10.6. The number of pyridine rings is 1. The maximum atomic E-state index is 13.9. The second-order valence-electron chi connectivity index (χ2n) is 8.38. The van der Waals surface area contributed by atoms with E-state index in [1.54, 1.807) is 12.1 Å². The average Bonchev–Trinajstić information content (AvgIpc) is 3.11. The summed E-state index contributed by atoms with van der Waals surface area (Å²) in [5.74, 6) is -0.388. The molecule has 2 aromatic heterocycles. The topological polar surface area (TPSA) is 80.6 Å². The van der Waals surface area contributed by atoms with Crippen molar-refractivity contribution < 1.29 is 22.7 Å². The molecule has 0 spiro atoms. The number of hydrogen-bond donors (Lipinski definition) is 0. The summed E-state index contributed by atoms with van der Waals surface area (Å²) in [6.45, 7) is 0.365. The van der Waals surface area contributed by atoms with Gasteiger partial charge < -0.3 is 14.5 Å². The summed E-state index contributed by atoms with van der Waals surface area (Å²) >= 11 is 0. The summed E-state index contributed by atoms with van der Waals surface area (Å²) in [4.78, 5) is 36.8. The molecule has 3 aliphatic heterocycles. The van der Waals surface area contributed by atoms with Crippen molar-refractivity contribution in [3.63, 3.8) is 0 Å². The van der Waals surface area contributed by atoms with Crippen molar-refractivity contribution in [2.75, 3.05) is 29.4 Å². The second-order valence-corrected chi connectivity index (χ2v) is 8.38. The molecule has 2 saturated heterocycles. The zero-order valence-corrected chi connectivity index (χ0v) is 17.2. The van der Waals surface area contributed by atoms with Crippen molar-refractivity contribution in [3.8, 4) is 0 Å². The van der Waals surface area contributed by atoms with Crippen molar-refractivity contribution in [2.45, 2.75) is 50.2 Å². The number of Topliss-reactive ketones (excluding diaryl/α,β-unsaturated/α-hetero) is 1. The number of aromatic nitrogens is 3. The van der Waals surface area contributed by atoms with Gasteiger partial charge >= 0.3 is 6.18 Å². The molecule has 170 valence electrons. The lowest BCUT2D eigenvalue weighted by atomic mass is 10.1. The maximum Gasteiger partial charge on any atom is 0.408 e. The Morgan fingerprint density at radius 1 is 1.16 bits per heavy atom. The Bertz CT molecular complexity index is 1060. The Kier molecular flexibility index (Phi) is 5.15. The predicted octanol–water partition coefficient (Wildman–Crippen LogP) is 2.03. The molecule has 2 unspecified atom stereocenters. The second kappa shape index (κ2) is 7.88. The number of hydrogen-bond acceptors (Lipinski definition) is 7. The van der Waals surface area contributed by atoms with E-state index in [2.05, 4.69) is 9.97 Å². The van der Waals surface area contributed by atoms with Gasteiger partial charge in [0.25, 0.3) is 5.56 Å². The van der Waals surface area contributed by atoms with E-state index in [4.69, 9.17) is 4.74 Å². The standard InChI is InChI=1S/C21H22F3N5O3/c22-21(23,24)17-6-8-28-19(31)9-18(27-10-13-4-5-14(11-27)32-13)26-20(28)29(17)12-16(30)15-3-1-2-7-25-15/h1-3,7,9,13-14,17H,4-6,8,10-12H2/t13-,14?,17?/m0/s1. The normalized spacial score (nSPS) is 25.0. The van der Waals surface area contributed by atoms with Crippen LogP contribution in [0.15, 0.2) is 35.3 Å². The molecule has 0 amide bonds. The first-order valence-electron chi connectivity index (χ1n) is 10.6. The highest BCUT2D eigenvalue weighted by Crippen LogP contribution is 2.35. The van der Waals surface area contributed by atoms with Gasteiger partial charge in [0.1, 0.15) is 17.6 Å². The van der Waals surface area contributed by atoms with Gasteiger partial charge in [0.05, 0.1) is 18.8 Å². The van der Waals surface area contributed by atoms with Crippen LogP contribution in [0.2, 0.25) is 0 Å². The van der Waals surface area contributed by atoms with Crippen molar-refractivity contribution >= 4 is 17.5 Å². The molecule has 0 radical (unpaired) electrons. The van der Waals surface area contributed by atoms with Gasteiger partial charge in [-0.15, -0.1) is 0 Å². The molecule has 5 heterocycles. The molecular weight excluding hydrogens is 427 g/mol. The molecule has 2 bridgehead atoms. The van der Waals surface area contributed by atoms with Gasteiger partial charge in [0.2, 0.25) is 5.95 Å². The van der Waals surface area contributed by atoms with Crippen LogP contribution in [0.1, 0.15) is 29.8 Å². The SMILES string of the molecule is O=C(CN1c2nc(N3CC4CC[C@@H](C3)O4)cc(=O)n2CCC1C(F)(F)F)c1ccccn1. The largest absolute Gasteiger partial charge is 0.408 e. The zero-order chi connectivity index (χ0) is 22.5. The number of ether oxygens (including phenoxy) is 1. The Morgan fingerprint density at radius 3 is 2.56 bits per heavy atom. The van der Waals surface area contributed by atoms with Crippen molar-refractivity contribution in [1.82, 2.24) is 14.5 Å². The van der Waals surface area contributed by atoms with Gasteiger partial charge in [-0.25, -0.2) is 0 Å². The molecule has 0 saturated carbocycles.